The zero-order valence-electron chi connectivity index (χ0n) is 17.5. The number of para-hydroxylation sites is 3. The van der Waals surface area contributed by atoms with Gasteiger partial charge in [-0.05, 0) is 38.1 Å². The van der Waals surface area contributed by atoms with Crippen LogP contribution >= 0.6 is 0 Å². The second kappa shape index (κ2) is 8.59. The van der Waals surface area contributed by atoms with Gasteiger partial charge in [-0.25, -0.2) is 4.98 Å². The molecule has 8 nitrogen and oxygen atoms in total. The first-order chi connectivity index (χ1) is 14.9. The van der Waals surface area contributed by atoms with Crippen LogP contribution in [0.25, 0.3) is 11.0 Å². The maximum absolute atomic E-state index is 12.5. The number of anilines is 1. The summed E-state index contributed by atoms with van der Waals surface area (Å²) in [5.41, 5.74) is 2.82. The average Bonchev–Trinajstić information content (AvgIpc) is 3.06. The van der Waals surface area contributed by atoms with E-state index in [9.17, 15) is 14.4 Å². The Bertz CT molecular complexity index is 1150. The lowest BCUT2D eigenvalue weighted by atomic mass is 10.1. The van der Waals surface area contributed by atoms with Gasteiger partial charge in [0, 0.05) is 19.0 Å². The van der Waals surface area contributed by atoms with Gasteiger partial charge in [-0.1, -0.05) is 24.3 Å². The molecule has 3 N–H and O–H groups in total. The third-order valence-corrected chi connectivity index (χ3v) is 5.30. The number of carbonyl (C=O) groups excluding carboxylic acids is 3. The highest BCUT2D eigenvalue weighted by atomic mass is 16.2. The molecule has 4 rings (SSSR count). The van der Waals surface area contributed by atoms with E-state index in [0.29, 0.717) is 24.2 Å². The Morgan fingerprint density at radius 1 is 1.13 bits per heavy atom. The van der Waals surface area contributed by atoms with Crippen molar-refractivity contribution in [2.24, 2.45) is 0 Å². The number of rotatable bonds is 6. The summed E-state index contributed by atoms with van der Waals surface area (Å²) in [5.74, 6) is -0.196. The molecule has 3 aromatic rings. The van der Waals surface area contributed by atoms with Crippen LogP contribution in [0.4, 0.5) is 5.69 Å². The number of hydrogen-bond donors (Lipinski definition) is 3. The van der Waals surface area contributed by atoms with Crippen molar-refractivity contribution in [2.45, 2.75) is 38.8 Å². The summed E-state index contributed by atoms with van der Waals surface area (Å²) in [6.45, 7) is 4.58. The molecule has 31 heavy (non-hydrogen) atoms. The topological polar surface area (TPSA) is 105 Å². The molecule has 0 radical (unpaired) electrons. The minimum Gasteiger partial charge on any atom is -0.356 e. The summed E-state index contributed by atoms with van der Waals surface area (Å²) in [7, 11) is 0. The Kier molecular flexibility index (Phi) is 5.70. The number of carbonyl (C=O) groups is 3. The van der Waals surface area contributed by atoms with Gasteiger partial charge in [0.1, 0.15) is 11.9 Å². The minimum absolute atomic E-state index is 0.133. The number of amides is 3. The third-order valence-electron chi connectivity index (χ3n) is 5.30. The molecule has 0 saturated carbocycles. The fourth-order valence-electron chi connectivity index (χ4n) is 3.87. The van der Waals surface area contributed by atoms with Gasteiger partial charge in [-0.15, -0.1) is 0 Å². The van der Waals surface area contributed by atoms with Gasteiger partial charge in [-0.3, -0.25) is 14.4 Å². The second-order valence-corrected chi connectivity index (χ2v) is 7.85. The average molecular weight is 419 g/mol. The van der Waals surface area contributed by atoms with E-state index in [1.165, 1.54) is 0 Å². The normalized spacial score (nSPS) is 15.9. The smallest absolute Gasteiger partial charge is 0.254 e. The quantitative estimate of drug-likeness (QED) is 0.571. The SMILES string of the molecule is CC(C)n1c(CCNC(=O)CC2NC(=O)c3ccccc3NC2=O)nc2ccccc21. The van der Waals surface area contributed by atoms with Crippen LogP contribution in [-0.2, 0) is 16.0 Å². The van der Waals surface area contributed by atoms with E-state index in [0.717, 1.165) is 16.9 Å². The second-order valence-electron chi connectivity index (χ2n) is 7.85. The number of nitrogens with zero attached hydrogens (tertiary/aromatic N) is 2. The molecule has 1 unspecified atom stereocenters. The fraction of sp³-hybridized carbons (Fsp3) is 0.304. The van der Waals surface area contributed by atoms with E-state index >= 15 is 0 Å². The van der Waals surface area contributed by atoms with Crippen molar-refractivity contribution in [1.82, 2.24) is 20.2 Å². The Hall–Kier alpha value is -3.68. The molecule has 0 spiro atoms. The number of fused-ring (bicyclic) bond motifs is 2. The molecule has 2 aromatic carbocycles. The van der Waals surface area contributed by atoms with Crippen molar-refractivity contribution >= 4 is 34.4 Å². The molecule has 0 bridgehead atoms. The number of benzene rings is 2. The van der Waals surface area contributed by atoms with Crippen LogP contribution in [0.15, 0.2) is 48.5 Å². The fourth-order valence-corrected chi connectivity index (χ4v) is 3.87. The lowest BCUT2D eigenvalue weighted by molar-refractivity contribution is -0.125. The van der Waals surface area contributed by atoms with Crippen molar-refractivity contribution < 1.29 is 14.4 Å². The number of aromatic nitrogens is 2. The lowest BCUT2D eigenvalue weighted by Crippen LogP contribution is -2.44. The summed E-state index contributed by atoms with van der Waals surface area (Å²) in [6, 6.07) is 14.0. The van der Waals surface area contributed by atoms with E-state index < -0.39 is 11.9 Å². The molecular weight excluding hydrogens is 394 g/mol. The van der Waals surface area contributed by atoms with Gasteiger partial charge < -0.3 is 20.5 Å². The van der Waals surface area contributed by atoms with Gasteiger partial charge in [0.25, 0.3) is 5.91 Å². The van der Waals surface area contributed by atoms with Crippen LogP contribution in [0.3, 0.4) is 0 Å². The number of imidazole rings is 1. The van der Waals surface area contributed by atoms with E-state index in [-0.39, 0.29) is 24.3 Å². The standard InChI is InChI=1S/C23H25N5O3/c1-14(2)28-19-10-6-5-9-17(19)25-20(28)11-12-24-21(29)13-18-23(31)26-16-8-4-3-7-15(16)22(30)27-18/h3-10,14,18H,11-13H2,1-2H3,(H,24,29)(H,26,31)(H,27,30). The Morgan fingerprint density at radius 3 is 2.68 bits per heavy atom. The largest absolute Gasteiger partial charge is 0.356 e. The van der Waals surface area contributed by atoms with Crippen molar-refractivity contribution in [3.05, 3.63) is 59.9 Å². The molecule has 1 aliphatic heterocycles. The summed E-state index contributed by atoms with van der Waals surface area (Å²) in [4.78, 5) is 42.0. The van der Waals surface area contributed by atoms with Crippen LogP contribution in [-0.4, -0.2) is 39.9 Å². The van der Waals surface area contributed by atoms with Crippen LogP contribution in [0, 0.1) is 0 Å². The zero-order chi connectivity index (χ0) is 22.0. The molecule has 1 aromatic heterocycles. The van der Waals surface area contributed by atoms with Crippen molar-refractivity contribution in [3.8, 4) is 0 Å². The molecule has 0 saturated heterocycles. The molecular formula is C23H25N5O3. The summed E-state index contributed by atoms with van der Waals surface area (Å²) < 4.78 is 2.16. The predicted molar refractivity (Wildman–Crippen MR) is 118 cm³/mol. The van der Waals surface area contributed by atoms with Crippen molar-refractivity contribution in [1.29, 1.82) is 0 Å². The number of hydrogen-bond acceptors (Lipinski definition) is 4. The summed E-state index contributed by atoms with van der Waals surface area (Å²) >= 11 is 0. The highest BCUT2D eigenvalue weighted by Gasteiger charge is 2.29. The molecule has 0 aliphatic carbocycles. The Labute approximate surface area is 180 Å². The van der Waals surface area contributed by atoms with Crippen LogP contribution in [0.2, 0.25) is 0 Å². The predicted octanol–water partition coefficient (Wildman–Crippen LogP) is 2.42. The van der Waals surface area contributed by atoms with E-state index in [1.807, 2.05) is 24.3 Å². The Balaban J connectivity index is 1.37. The minimum atomic E-state index is -0.930. The van der Waals surface area contributed by atoms with Crippen molar-refractivity contribution in [2.75, 3.05) is 11.9 Å². The van der Waals surface area contributed by atoms with E-state index in [2.05, 4.69) is 34.4 Å². The molecule has 160 valence electrons. The highest BCUT2D eigenvalue weighted by Crippen LogP contribution is 2.21. The molecule has 2 heterocycles. The lowest BCUT2D eigenvalue weighted by Gasteiger charge is -2.15. The summed E-state index contributed by atoms with van der Waals surface area (Å²) in [5, 5.41) is 8.19. The first kappa shape index (κ1) is 20.6. The highest BCUT2D eigenvalue weighted by molar-refractivity contribution is 6.10. The van der Waals surface area contributed by atoms with Crippen LogP contribution in [0.5, 0.6) is 0 Å². The first-order valence-electron chi connectivity index (χ1n) is 10.4. The van der Waals surface area contributed by atoms with Crippen LogP contribution < -0.4 is 16.0 Å². The maximum Gasteiger partial charge on any atom is 0.254 e. The first-order valence-corrected chi connectivity index (χ1v) is 10.4. The van der Waals surface area contributed by atoms with Crippen LogP contribution in [0.1, 0.15) is 42.5 Å². The zero-order valence-corrected chi connectivity index (χ0v) is 17.5. The van der Waals surface area contributed by atoms with Gasteiger partial charge >= 0.3 is 0 Å². The van der Waals surface area contributed by atoms with E-state index in [4.69, 9.17) is 4.98 Å². The molecule has 1 atom stereocenters. The monoisotopic (exact) mass is 419 g/mol. The van der Waals surface area contributed by atoms with Gasteiger partial charge in [0.05, 0.1) is 28.7 Å². The van der Waals surface area contributed by atoms with E-state index in [1.54, 1.807) is 24.3 Å². The molecule has 0 fully saturated rings. The Morgan fingerprint density at radius 2 is 1.87 bits per heavy atom. The summed E-state index contributed by atoms with van der Waals surface area (Å²) in [6.07, 6.45) is 0.430. The van der Waals surface area contributed by atoms with Gasteiger partial charge in [-0.2, -0.15) is 0 Å². The molecule has 8 heteroatoms. The maximum atomic E-state index is 12.5. The third kappa shape index (κ3) is 4.28. The van der Waals surface area contributed by atoms with Gasteiger partial charge in [0.15, 0.2) is 0 Å². The van der Waals surface area contributed by atoms with Crippen molar-refractivity contribution in [3.63, 3.8) is 0 Å². The number of nitrogens with one attached hydrogen (secondary N) is 3. The molecule has 3 amide bonds. The van der Waals surface area contributed by atoms with Gasteiger partial charge in [0.2, 0.25) is 11.8 Å². The molecule has 1 aliphatic rings.